The van der Waals surface area contributed by atoms with Crippen molar-refractivity contribution < 1.29 is 0 Å². The van der Waals surface area contributed by atoms with Crippen molar-refractivity contribution in [2.45, 2.75) is 26.7 Å². The van der Waals surface area contributed by atoms with E-state index in [-0.39, 0.29) is 0 Å². The Balaban J connectivity index is 2.44. The smallest absolute Gasteiger partial charge is 0.230 e. The van der Waals surface area contributed by atoms with Crippen LogP contribution < -0.4 is 10.2 Å². The van der Waals surface area contributed by atoms with Crippen molar-refractivity contribution in [3.63, 3.8) is 0 Å². The molecule has 0 aliphatic heterocycles. The van der Waals surface area contributed by atoms with Gasteiger partial charge in [0.15, 0.2) is 5.82 Å². The molecule has 0 amide bonds. The molecule has 112 valence electrons. The van der Waals surface area contributed by atoms with Crippen LogP contribution in [0, 0.1) is 0 Å². The van der Waals surface area contributed by atoms with Crippen LogP contribution >= 0.6 is 0 Å². The van der Waals surface area contributed by atoms with Gasteiger partial charge in [-0.05, 0) is 25.0 Å². The Morgan fingerprint density at radius 3 is 2.57 bits per heavy atom. The molecule has 5 nitrogen and oxygen atoms in total. The van der Waals surface area contributed by atoms with Crippen LogP contribution in [-0.4, -0.2) is 35.6 Å². The Morgan fingerprint density at radius 1 is 1.10 bits per heavy atom. The zero-order valence-electron chi connectivity index (χ0n) is 13.2. The first-order valence-electron chi connectivity index (χ1n) is 7.40. The van der Waals surface area contributed by atoms with Gasteiger partial charge in [0.25, 0.3) is 0 Å². The molecule has 0 bridgehead atoms. The highest BCUT2D eigenvalue weighted by Gasteiger charge is 2.10. The molecular formula is C16H23N5. The normalized spacial score (nSPS) is 10.5. The maximum absolute atomic E-state index is 4.55. The molecule has 1 heterocycles. The van der Waals surface area contributed by atoms with Gasteiger partial charge in [-0.15, -0.1) is 0 Å². The minimum atomic E-state index is 0.618. The molecule has 0 fully saturated rings. The molecule has 0 saturated heterocycles. The SMILES string of the molecule is CCCc1cccc(-c2nc(NCC)nc(N(C)C)n2)c1. The molecule has 0 aliphatic carbocycles. The van der Waals surface area contributed by atoms with E-state index in [0.29, 0.717) is 17.7 Å². The summed E-state index contributed by atoms with van der Waals surface area (Å²) in [5.74, 6) is 1.99. The average Bonchev–Trinajstić information content (AvgIpc) is 2.48. The standard InChI is InChI=1S/C16H23N5/c1-5-8-12-9-7-10-13(11-12)14-18-15(17-6-2)20-16(19-14)21(3)4/h7,9-11H,5-6,8H2,1-4H3,(H,17,18,19,20). The summed E-state index contributed by atoms with van der Waals surface area (Å²) in [6.45, 7) is 5.00. The van der Waals surface area contributed by atoms with Crippen molar-refractivity contribution in [2.75, 3.05) is 30.9 Å². The summed E-state index contributed by atoms with van der Waals surface area (Å²) in [7, 11) is 3.87. The van der Waals surface area contributed by atoms with Crippen molar-refractivity contribution in [3.8, 4) is 11.4 Å². The van der Waals surface area contributed by atoms with E-state index in [1.54, 1.807) is 0 Å². The molecule has 0 saturated carbocycles. The first kappa shape index (κ1) is 15.2. The Morgan fingerprint density at radius 2 is 1.90 bits per heavy atom. The van der Waals surface area contributed by atoms with Crippen LogP contribution in [-0.2, 0) is 6.42 Å². The fourth-order valence-corrected chi connectivity index (χ4v) is 2.09. The lowest BCUT2D eigenvalue weighted by Gasteiger charge is -2.13. The van der Waals surface area contributed by atoms with E-state index in [1.807, 2.05) is 32.0 Å². The molecule has 21 heavy (non-hydrogen) atoms. The first-order chi connectivity index (χ1) is 10.1. The largest absolute Gasteiger partial charge is 0.354 e. The Bertz CT molecular complexity index is 595. The Hall–Kier alpha value is -2.17. The monoisotopic (exact) mass is 285 g/mol. The summed E-state index contributed by atoms with van der Waals surface area (Å²) in [6.07, 6.45) is 2.20. The maximum atomic E-state index is 4.55. The lowest BCUT2D eigenvalue weighted by molar-refractivity contribution is 0.920. The van der Waals surface area contributed by atoms with Crippen LogP contribution in [0.25, 0.3) is 11.4 Å². The summed E-state index contributed by atoms with van der Waals surface area (Å²) in [6, 6.07) is 8.41. The summed E-state index contributed by atoms with van der Waals surface area (Å²) in [5, 5.41) is 3.16. The zero-order chi connectivity index (χ0) is 15.2. The van der Waals surface area contributed by atoms with Gasteiger partial charge in [0.05, 0.1) is 0 Å². The van der Waals surface area contributed by atoms with E-state index in [9.17, 15) is 0 Å². The highest BCUT2D eigenvalue weighted by atomic mass is 15.3. The van der Waals surface area contributed by atoms with E-state index in [2.05, 4.69) is 45.4 Å². The van der Waals surface area contributed by atoms with Gasteiger partial charge in [-0.25, -0.2) is 0 Å². The number of aromatic nitrogens is 3. The Labute approximate surface area is 126 Å². The van der Waals surface area contributed by atoms with Gasteiger partial charge in [-0.3, -0.25) is 0 Å². The first-order valence-corrected chi connectivity index (χ1v) is 7.40. The second-order valence-electron chi connectivity index (χ2n) is 5.16. The topological polar surface area (TPSA) is 53.9 Å². The highest BCUT2D eigenvalue weighted by Crippen LogP contribution is 2.20. The molecule has 0 aliphatic rings. The molecule has 0 unspecified atom stereocenters. The minimum absolute atomic E-state index is 0.618. The number of aryl methyl sites for hydroxylation is 1. The van der Waals surface area contributed by atoms with Crippen molar-refractivity contribution in [1.82, 2.24) is 15.0 Å². The number of nitrogens with zero attached hydrogens (tertiary/aromatic N) is 4. The summed E-state index contributed by atoms with van der Waals surface area (Å²) >= 11 is 0. The van der Waals surface area contributed by atoms with Crippen LogP contribution in [0.2, 0.25) is 0 Å². The highest BCUT2D eigenvalue weighted by molar-refractivity contribution is 5.59. The van der Waals surface area contributed by atoms with E-state index in [1.165, 1.54) is 5.56 Å². The van der Waals surface area contributed by atoms with Gasteiger partial charge in [-0.1, -0.05) is 31.5 Å². The van der Waals surface area contributed by atoms with Crippen LogP contribution in [0.3, 0.4) is 0 Å². The van der Waals surface area contributed by atoms with E-state index < -0.39 is 0 Å². The molecule has 2 rings (SSSR count). The number of hydrogen-bond acceptors (Lipinski definition) is 5. The van der Waals surface area contributed by atoms with Crippen LogP contribution in [0.1, 0.15) is 25.8 Å². The quantitative estimate of drug-likeness (QED) is 0.884. The van der Waals surface area contributed by atoms with Gasteiger partial charge < -0.3 is 10.2 Å². The fourth-order valence-electron chi connectivity index (χ4n) is 2.09. The summed E-state index contributed by atoms with van der Waals surface area (Å²) < 4.78 is 0. The van der Waals surface area contributed by atoms with Crippen molar-refractivity contribution >= 4 is 11.9 Å². The molecule has 0 radical (unpaired) electrons. The summed E-state index contributed by atoms with van der Waals surface area (Å²) in [4.78, 5) is 15.4. The molecule has 2 aromatic rings. The zero-order valence-corrected chi connectivity index (χ0v) is 13.2. The van der Waals surface area contributed by atoms with Crippen LogP contribution in [0.15, 0.2) is 24.3 Å². The molecule has 5 heteroatoms. The summed E-state index contributed by atoms with van der Waals surface area (Å²) in [5.41, 5.74) is 2.34. The predicted molar refractivity (Wildman–Crippen MR) is 87.7 cm³/mol. The number of rotatable bonds is 6. The third-order valence-electron chi connectivity index (χ3n) is 3.08. The van der Waals surface area contributed by atoms with Crippen LogP contribution in [0.5, 0.6) is 0 Å². The lowest BCUT2D eigenvalue weighted by atomic mass is 10.1. The molecular weight excluding hydrogens is 262 g/mol. The molecule has 1 aromatic carbocycles. The lowest BCUT2D eigenvalue weighted by Crippen LogP contribution is -2.15. The number of nitrogens with one attached hydrogen (secondary N) is 1. The number of hydrogen-bond donors (Lipinski definition) is 1. The molecule has 0 atom stereocenters. The second kappa shape index (κ2) is 7.02. The third-order valence-corrected chi connectivity index (χ3v) is 3.08. The molecule has 1 N–H and O–H groups in total. The van der Waals surface area contributed by atoms with Crippen molar-refractivity contribution in [3.05, 3.63) is 29.8 Å². The van der Waals surface area contributed by atoms with Crippen molar-refractivity contribution in [2.24, 2.45) is 0 Å². The van der Waals surface area contributed by atoms with Gasteiger partial charge in [-0.2, -0.15) is 15.0 Å². The van der Waals surface area contributed by atoms with Gasteiger partial charge in [0.2, 0.25) is 11.9 Å². The second-order valence-corrected chi connectivity index (χ2v) is 5.16. The van der Waals surface area contributed by atoms with E-state index in [4.69, 9.17) is 0 Å². The fraction of sp³-hybridized carbons (Fsp3) is 0.438. The predicted octanol–water partition coefficient (Wildman–Crippen LogP) is 2.99. The number of benzene rings is 1. The average molecular weight is 285 g/mol. The van der Waals surface area contributed by atoms with Crippen LogP contribution in [0.4, 0.5) is 11.9 Å². The number of anilines is 2. The molecule has 0 spiro atoms. The van der Waals surface area contributed by atoms with E-state index in [0.717, 1.165) is 24.9 Å². The maximum Gasteiger partial charge on any atom is 0.230 e. The van der Waals surface area contributed by atoms with Gasteiger partial charge in [0, 0.05) is 26.2 Å². The molecule has 1 aromatic heterocycles. The Kier molecular flexibility index (Phi) is 5.09. The van der Waals surface area contributed by atoms with E-state index >= 15 is 0 Å². The van der Waals surface area contributed by atoms with Crippen molar-refractivity contribution in [1.29, 1.82) is 0 Å². The van der Waals surface area contributed by atoms with Gasteiger partial charge >= 0.3 is 0 Å². The van der Waals surface area contributed by atoms with Gasteiger partial charge in [0.1, 0.15) is 0 Å². The third kappa shape index (κ3) is 3.90. The minimum Gasteiger partial charge on any atom is -0.354 e.